The maximum Gasteiger partial charge on any atom is 0.161 e. The van der Waals surface area contributed by atoms with Gasteiger partial charge in [-0.15, -0.1) is 0 Å². The first kappa shape index (κ1) is 10.3. The molecule has 0 spiro atoms. The van der Waals surface area contributed by atoms with Gasteiger partial charge in [0, 0.05) is 12.1 Å². The Morgan fingerprint density at radius 2 is 1.94 bits per heavy atom. The number of rotatable bonds is 0. The number of aromatic nitrogens is 2. The number of imidazole rings is 1. The molecule has 2 heterocycles. The summed E-state index contributed by atoms with van der Waals surface area (Å²) in [7, 11) is 0. The third-order valence-corrected chi connectivity index (χ3v) is 3.02. The Labute approximate surface area is 97.1 Å². The fraction of sp³-hybridized carbons (Fsp3) is 0.250. The van der Waals surface area contributed by atoms with E-state index >= 15 is 0 Å². The molecule has 0 aliphatic carbocycles. The van der Waals surface area contributed by atoms with Crippen LogP contribution in [-0.4, -0.2) is 9.55 Å². The van der Waals surface area contributed by atoms with Crippen molar-refractivity contribution in [2.45, 2.75) is 19.4 Å². The van der Waals surface area contributed by atoms with E-state index in [0.29, 0.717) is 11.4 Å². The summed E-state index contributed by atoms with van der Waals surface area (Å²) in [6, 6.07) is 2.35. The van der Waals surface area contributed by atoms with E-state index in [-0.39, 0.29) is 5.54 Å². The first-order valence-electron chi connectivity index (χ1n) is 5.29. The van der Waals surface area contributed by atoms with E-state index in [4.69, 9.17) is 0 Å². The molecule has 2 aromatic rings. The minimum absolute atomic E-state index is 0.367. The number of fused-ring (bicyclic) bond motifs is 3. The average Bonchev–Trinajstić information content (AvgIpc) is 2.71. The van der Waals surface area contributed by atoms with Crippen LogP contribution in [0.2, 0.25) is 0 Å². The molecule has 17 heavy (non-hydrogen) atoms. The lowest BCUT2D eigenvalue weighted by molar-refractivity contribution is 0.502. The zero-order chi connectivity index (χ0) is 12.2. The van der Waals surface area contributed by atoms with Crippen LogP contribution in [0.5, 0.6) is 0 Å². The number of nitrogens with one attached hydrogen (secondary N) is 1. The minimum Gasteiger partial charge on any atom is -0.373 e. The number of nitrogens with zero attached hydrogens (tertiary/aromatic N) is 2. The maximum absolute atomic E-state index is 13.3. The van der Waals surface area contributed by atoms with Crippen molar-refractivity contribution >= 4 is 5.69 Å². The second-order valence-corrected chi connectivity index (χ2v) is 4.68. The lowest BCUT2D eigenvalue weighted by Gasteiger charge is -2.34. The Kier molecular flexibility index (Phi) is 1.85. The summed E-state index contributed by atoms with van der Waals surface area (Å²) in [5.74, 6) is -1.71. The molecule has 1 aromatic heterocycles. The highest BCUT2D eigenvalue weighted by molar-refractivity contribution is 5.66. The highest BCUT2D eigenvalue weighted by atomic mass is 19.2. The molecule has 0 atom stereocenters. The first-order chi connectivity index (χ1) is 7.99. The van der Waals surface area contributed by atoms with Gasteiger partial charge in [-0.1, -0.05) is 0 Å². The Hall–Kier alpha value is -1.91. The molecule has 0 unspecified atom stereocenters. The smallest absolute Gasteiger partial charge is 0.161 e. The van der Waals surface area contributed by atoms with E-state index in [1.165, 1.54) is 12.1 Å². The van der Waals surface area contributed by atoms with Gasteiger partial charge in [0.1, 0.15) is 0 Å². The molecular weight excluding hydrogens is 224 g/mol. The van der Waals surface area contributed by atoms with Crippen molar-refractivity contribution in [2.24, 2.45) is 0 Å². The SMILES string of the molecule is CC1(C)Nc2cc(F)c(F)cc2-n2cncc21. The number of hydrogen-bond acceptors (Lipinski definition) is 2. The van der Waals surface area contributed by atoms with E-state index in [9.17, 15) is 8.78 Å². The molecule has 1 aliphatic rings. The second-order valence-electron chi connectivity index (χ2n) is 4.68. The molecule has 3 rings (SSSR count). The second kappa shape index (κ2) is 3.06. The lowest BCUT2D eigenvalue weighted by atomic mass is 9.97. The summed E-state index contributed by atoms with van der Waals surface area (Å²) >= 11 is 0. The van der Waals surface area contributed by atoms with Crippen molar-refractivity contribution in [2.75, 3.05) is 5.32 Å². The average molecular weight is 235 g/mol. The van der Waals surface area contributed by atoms with Crippen molar-refractivity contribution in [3.05, 3.63) is 42.0 Å². The summed E-state index contributed by atoms with van der Waals surface area (Å²) in [5, 5.41) is 3.18. The zero-order valence-corrected chi connectivity index (χ0v) is 9.46. The largest absolute Gasteiger partial charge is 0.373 e. The van der Waals surface area contributed by atoms with E-state index in [0.717, 1.165) is 5.69 Å². The van der Waals surface area contributed by atoms with Crippen LogP contribution in [-0.2, 0) is 5.54 Å². The summed E-state index contributed by atoms with van der Waals surface area (Å²) in [6.45, 7) is 3.93. The van der Waals surface area contributed by atoms with Crippen LogP contribution in [0.25, 0.3) is 5.69 Å². The normalized spacial score (nSPS) is 16.0. The van der Waals surface area contributed by atoms with Gasteiger partial charge in [0.25, 0.3) is 0 Å². The van der Waals surface area contributed by atoms with Crippen molar-refractivity contribution < 1.29 is 8.78 Å². The van der Waals surface area contributed by atoms with E-state index in [2.05, 4.69) is 10.3 Å². The summed E-state index contributed by atoms with van der Waals surface area (Å²) in [6.07, 6.45) is 3.32. The number of benzene rings is 1. The van der Waals surface area contributed by atoms with Gasteiger partial charge in [-0.3, -0.25) is 4.57 Å². The number of anilines is 1. The van der Waals surface area contributed by atoms with E-state index < -0.39 is 11.6 Å². The molecule has 0 saturated carbocycles. The van der Waals surface area contributed by atoms with Crippen molar-refractivity contribution in [3.8, 4) is 5.69 Å². The topological polar surface area (TPSA) is 29.9 Å². The van der Waals surface area contributed by atoms with Crippen LogP contribution in [0.4, 0.5) is 14.5 Å². The fourth-order valence-corrected chi connectivity index (χ4v) is 2.19. The summed E-state index contributed by atoms with van der Waals surface area (Å²) in [5.41, 5.74) is 1.69. The van der Waals surface area contributed by atoms with Gasteiger partial charge >= 0.3 is 0 Å². The molecule has 0 amide bonds. The van der Waals surface area contributed by atoms with Gasteiger partial charge in [-0.25, -0.2) is 13.8 Å². The van der Waals surface area contributed by atoms with Crippen LogP contribution in [0.1, 0.15) is 19.5 Å². The highest BCUT2D eigenvalue weighted by Gasteiger charge is 2.31. The van der Waals surface area contributed by atoms with Gasteiger partial charge in [0.15, 0.2) is 11.6 Å². The molecule has 5 heteroatoms. The van der Waals surface area contributed by atoms with Crippen molar-refractivity contribution in [1.29, 1.82) is 0 Å². The predicted molar refractivity (Wildman–Crippen MR) is 60.1 cm³/mol. The van der Waals surface area contributed by atoms with Gasteiger partial charge < -0.3 is 5.32 Å². The zero-order valence-electron chi connectivity index (χ0n) is 9.46. The molecule has 0 saturated heterocycles. The van der Waals surface area contributed by atoms with E-state index in [1.54, 1.807) is 17.1 Å². The molecule has 1 aromatic carbocycles. The van der Waals surface area contributed by atoms with E-state index in [1.807, 2.05) is 13.8 Å². The minimum atomic E-state index is -0.857. The molecule has 88 valence electrons. The van der Waals surface area contributed by atoms with Crippen LogP contribution >= 0.6 is 0 Å². The molecule has 0 fully saturated rings. The van der Waals surface area contributed by atoms with Crippen molar-refractivity contribution in [3.63, 3.8) is 0 Å². The highest BCUT2D eigenvalue weighted by Crippen LogP contribution is 2.37. The number of hydrogen-bond donors (Lipinski definition) is 1. The number of halogens is 2. The maximum atomic E-state index is 13.3. The van der Waals surface area contributed by atoms with Gasteiger partial charge in [0.05, 0.1) is 35.1 Å². The third-order valence-electron chi connectivity index (χ3n) is 3.02. The van der Waals surface area contributed by atoms with Crippen LogP contribution in [0, 0.1) is 11.6 Å². The molecule has 1 aliphatic heterocycles. The monoisotopic (exact) mass is 235 g/mol. The fourth-order valence-electron chi connectivity index (χ4n) is 2.19. The van der Waals surface area contributed by atoms with Gasteiger partial charge in [-0.2, -0.15) is 0 Å². The van der Waals surface area contributed by atoms with Gasteiger partial charge in [-0.05, 0) is 13.8 Å². The van der Waals surface area contributed by atoms with Gasteiger partial charge in [0.2, 0.25) is 0 Å². The van der Waals surface area contributed by atoms with Crippen molar-refractivity contribution in [1.82, 2.24) is 9.55 Å². The molecule has 0 bridgehead atoms. The summed E-state index contributed by atoms with van der Waals surface area (Å²) < 4.78 is 28.3. The lowest BCUT2D eigenvalue weighted by Crippen LogP contribution is -2.34. The molecular formula is C12H11F2N3. The van der Waals surface area contributed by atoms with Crippen LogP contribution in [0.3, 0.4) is 0 Å². The van der Waals surface area contributed by atoms with Crippen LogP contribution in [0.15, 0.2) is 24.7 Å². The Morgan fingerprint density at radius 1 is 1.24 bits per heavy atom. The third kappa shape index (κ3) is 1.35. The quantitative estimate of drug-likeness (QED) is 0.761. The van der Waals surface area contributed by atoms with Crippen LogP contribution < -0.4 is 5.32 Å². The predicted octanol–water partition coefficient (Wildman–Crippen LogP) is 2.81. The standard InChI is InChI=1S/C12H11F2N3/c1-12(2)11-5-15-6-17(11)10-4-8(14)7(13)3-9(10)16-12/h3-6,16H,1-2H3. The summed E-state index contributed by atoms with van der Waals surface area (Å²) in [4.78, 5) is 4.06. The molecule has 3 nitrogen and oxygen atoms in total. The Morgan fingerprint density at radius 3 is 2.71 bits per heavy atom. The Balaban J connectivity index is 2.31. The molecule has 0 radical (unpaired) electrons. The first-order valence-corrected chi connectivity index (χ1v) is 5.29. The Bertz CT molecular complexity index is 602. The molecule has 1 N–H and O–H groups in total.